The minimum absolute atomic E-state index is 0.187. The Bertz CT molecular complexity index is 1320. The average molecular weight is 535 g/mol. The summed E-state index contributed by atoms with van der Waals surface area (Å²) in [5.74, 6) is 1.76. The minimum atomic E-state index is -1.55. The summed E-state index contributed by atoms with van der Waals surface area (Å²) in [5.41, 5.74) is 4.59. The van der Waals surface area contributed by atoms with Crippen LogP contribution in [0.15, 0.2) is 70.5 Å². The highest BCUT2D eigenvalue weighted by Gasteiger charge is 2.31. The summed E-state index contributed by atoms with van der Waals surface area (Å²) in [6, 6.07) is 18.4. The molecule has 0 saturated heterocycles. The molecule has 2 amide bonds. The molecule has 0 bridgehead atoms. The average Bonchev–Trinajstić information content (AvgIpc) is 2.99. The summed E-state index contributed by atoms with van der Waals surface area (Å²) in [6.07, 6.45) is 3.32. The van der Waals surface area contributed by atoms with Gasteiger partial charge in [-0.25, -0.2) is 4.21 Å². The fourth-order valence-corrected chi connectivity index (χ4v) is 6.72. The van der Waals surface area contributed by atoms with Gasteiger partial charge in [0.2, 0.25) is 0 Å². The van der Waals surface area contributed by atoms with Gasteiger partial charge in [-0.2, -0.15) is 11.8 Å². The number of benzene rings is 3. The van der Waals surface area contributed by atoms with Crippen molar-refractivity contribution >= 4 is 40.1 Å². The number of rotatable bonds is 10. The largest absolute Gasteiger partial charge is 0.352 e. The molecular formula is C30H34N2O3S2. The number of amides is 2. The van der Waals surface area contributed by atoms with Crippen LogP contribution in [0.2, 0.25) is 0 Å². The van der Waals surface area contributed by atoms with E-state index in [-0.39, 0.29) is 11.8 Å². The Balaban J connectivity index is 1.64. The Kier molecular flexibility index (Phi) is 9.22. The first-order valence-corrected chi connectivity index (χ1v) is 15.1. The molecule has 3 aromatic rings. The third-order valence-corrected chi connectivity index (χ3v) is 9.16. The predicted molar refractivity (Wildman–Crippen MR) is 153 cm³/mol. The number of aryl methyl sites for hydroxylation is 2. The van der Waals surface area contributed by atoms with Crippen LogP contribution in [-0.4, -0.2) is 34.1 Å². The Morgan fingerprint density at radius 2 is 1.76 bits per heavy atom. The maximum Gasteiger partial charge on any atom is 0.259 e. The second-order valence-electron chi connectivity index (χ2n) is 9.34. The Hall–Kier alpha value is -2.90. The van der Waals surface area contributed by atoms with Gasteiger partial charge in [0, 0.05) is 12.1 Å². The van der Waals surface area contributed by atoms with Gasteiger partial charge >= 0.3 is 0 Å². The molecule has 1 unspecified atom stereocenters. The molecule has 4 rings (SSSR count). The number of unbranched alkanes of at least 4 members (excludes halogenated alkanes) is 1. The van der Waals surface area contributed by atoms with Crippen molar-refractivity contribution in [2.75, 3.05) is 23.0 Å². The molecule has 1 aliphatic heterocycles. The highest BCUT2D eigenvalue weighted by atomic mass is 32.2. The van der Waals surface area contributed by atoms with E-state index in [9.17, 15) is 13.8 Å². The zero-order valence-electron chi connectivity index (χ0n) is 21.7. The number of thioether (sulfide) groups is 1. The van der Waals surface area contributed by atoms with Gasteiger partial charge in [-0.05, 0) is 79.7 Å². The van der Waals surface area contributed by atoms with Crippen molar-refractivity contribution in [3.63, 3.8) is 0 Å². The monoisotopic (exact) mass is 534 g/mol. The summed E-state index contributed by atoms with van der Waals surface area (Å²) in [5, 5.41) is 3.00. The lowest BCUT2D eigenvalue weighted by Crippen LogP contribution is -2.31. The van der Waals surface area contributed by atoms with Crippen molar-refractivity contribution < 1.29 is 13.8 Å². The zero-order chi connectivity index (χ0) is 26.4. The summed E-state index contributed by atoms with van der Waals surface area (Å²) < 4.78 is 13.6. The van der Waals surface area contributed by atoms with Crippen molar-refractivity contribution in [2.24, 2.45) is 0 Å². The summed E-state index contributed by atoms with van der Waals surface area (Å²) >= 11 is 1.91. The van der Waals surface area contributed by atoms with Gasteiger partial charge in [-0.3, -0.25) is 9.59 Å². The molecular weight excluding hydrogens is 500 g/mol. The maximum absolute atomic E-state index is 13.8. The number of hydrogen-bond donors (Lipinski definition) is 1. The van der Waals surface area contributed by atoms with E-state index in [1.54, 1.807) is 47.4 Å². The van der Waals surface area contributed by atoms with Crippen LogP contribution in [0.4, 0.5) is 5.69 Å². The van der Waals surface area contributed by atoms with Crippen LogP contribution in [0.3, 0.4) is 0 Å². The predicted octanol–water partition coefficient (Wildman–Crippen LogP) is 6.28. The molecule has 3 aromatic carbocycles. The van der Waals surface area contributed by atoms with Crippen molar-refractivity contribution in [1.29, 1.82) is 0 Å². The van der Waals surface area contributed by atoms with Gasteiger partial charge in [0.15, 0.2) is 0 Å². The fraction of sp³-hybridized carbons (Fsp3) is 0.333. The van der Waals surface area contributed by atoms with Crippen LogP contribution in [-0.2, 0) is 17.3 Å². The third kappa shape index (κ3) is 6.33. The number of carbonyl (C=O) groups is 2. The molecule has 0 fully saturated rings. The van der Waals surface area contributed by atoms with E-state index in [1.165, 1.54) is 12.8 Å². The molecule has 0 spiro atoms. The van der Waals surface area contributed by atoms with Gasteiger partial charge in [-0.15, -0.1) is 0 Å². The highest BCUT2D eigenvalue weighted by molar-refractivity contribution is 7.99. The van der Waals surface area contributed by atoms with Crippen molar-refractivity contribution in [3.05, 3.63) is 88.5 Å². The van der Waals surface area contributed by atoms with Gasteiger partial charge < -0.3 is 10.2 Å². The van der Waals surface area contributed by atoms with Crippen LogP contribution in [0.1, 0.15) is 63.6 Å². The van der Waals surface area contributed by atoms with E-state index in [1.807, 2.05) is 37.7 Å². The van der Waals surface area contributed by atoms with E-state index >= 15 is 0 Å². The lowest BCUT2D eigenvalue weighted by atomic mass is 10.0. The van der Waals surface area contributed by atoms with Gasteiger partial charge in [-0.1, -0.05) is 49.2 Å². The second kappa shape index (κ2) is 12.6. The summed E-state index contributed by atoms with van der Waals surface area (Å²) in [6.45, 7) is 7.15. The standard InChI is InChI=1S/C30H34N2O3S2/c1-4-5-16-36-17-8-15-31-29(33)23-13-14-28-26(19-23)32(20-24-18-21(2)11-12-22(24)3)30(34)25-9-6-7-10-27(25)37(28)35/h6-7,9-14,18-19H,4-5,8,15-17,20H2,1-3H3,(H,31,33). The smallest absolute Gasteiger partial charge is 0.259 e. The number of fused-ring (bicyclic) bond motifs is 2. The zero-order valence-corrected chi connectivity index (χ0v) is 23.3. The molecule has 37 heavy (non-hydrogen) atoms. The lowest BCUT2D eigenvalue weighted by molar-refractivity contribution is 0.0950. The number of hydrogen-bond acceptors (Lipinski definition) is 4. The second-order valence-corrected chi connectivity index (χ2v) is 12.0. The summed E-state index contributed by atoms with van der Waals surface area (Å²) in [7, 11) is -1.55. The van der Waals surface area contributed by atoms with Crippen molar-refractivity contribution in [1.82, 2.24) is 5.32 Å². The normalized spacial score (nSPS) is 14.6. The fourth-order valence-electron chi connectivity index (χ4n) is 4.33. The topological polar surface area (TPSA) is 66.5 Å². The number of carbonyl (C=O) groups excluding carboxylic acids is 2. The number of nitrogens with one attached hydrogen (secondary N) is 1. The van der Waals surface area contributed by atoms with E-state index in [4.69, 9.17) is 0 Å². The lowest BCUT2D eigenvalue weighted by Gasteiger charge is -2.24. The molecule has 1 heterocycles. The number of nitrogens with zero attached hydrogens (tertiary/aromatic N) is 1. The SMILES string of the molecule is CCCCSCCCNC(=O)c1ccc2c(c1)N(Cc1cc(C)ccc1C)C(=O)c1ccccc1S2=O. The van der Waals surface area contributed by atoms with Gasteiger partial charge in [0.05, 0.1) is 38.4 Å². The first-order chi connectivity index (χ1) is 17.9. The third-order valence-electron chi connectivity index (χ3n) is 6.50. The first kappa shape index (κ1) is 27.1. The first-order valence-electron chi connectivity index (χ1n) is 12.8. The van der Waals surface area contributed by atoms with Crippen LogP contribution in [0, 0.1) is 13.8 Å². The Morgan fingerprint density at radius 1 is 0.973 bits per heavy atom. The molecule has 0 aliphatic carbocycles. The van der Waals surface area contributed by atoms with Crippen LogP contribution >= 0.6 is 11.8 Å². The molecule has 1 aliphatic rings. The molecule has 0 aromatic heterocycles. The summed E-state index contributed by atoms with van der Waals surface area (Å²) in [4.78, 5) is 29.5. The van der Waals surface area contributed by atoms with E-state index in [2.05, 4.69) is 18.3 Å². The van der Waals surface area contributed by atoms with Crippen LogP contribution in [0.5, 0.6) is 0 Å². The highest BCUT2D eigenvalue weighted by Crippen LogP contribution is 2.36. The van der Waals surface area contributed by atoms with Crippen LogP contribution < -0.4 is 10.2 Å². The molecule has 7 heteroatoms. The van der Waals surface area contributed by atoms with Gasteiger partial charge in [0.25, 0.3) is 11.8 Å². The van der Waals surface area contributed by atoms with E-state index in [0.717, 1.165) is 34.6 Å². The van der Waals surface area contributed by atoms with E-state index < -0.39 is 10.8 Å². The molecule has 0 radical (unpaired) electrons. The van der Waals surface area contributed by atoms with Crippen LogP contribution in [0.25, 0.3) is 0 Å². The Morgan fingerprint density at radius 3 is 2.57 bits per heavy atom. The molecule has 0 saturated carbocycles. The molecule has 1 atom stereocenters. The van der Waals surface area contributed by atoms with Crippen molar-refractivity contribution in [3.8, 4) is 0 Å². The Labute approximate surface area is 226 Å². The maximum atomic E-state index is 13.8. The molecule has 1 N–H and O–H groups in total. The quantitative estimate of drug-likeness (QED) is 0.311. The minimum Gasteiger partial charge on any atom is -0.352 e. The molecule has 194 valence electrons. The number of anilines is 1. The van der Waals surface area contributed by atoms with Crippen molar-refractivity contribution in [2.45, 2.75) is 56.4 Å². The molecule has 5 nitrogen and oxygen atoms in total. The van der Waals surface area contributed by atoms with E-state index in [0.29, 0.717) is 39.7 Å². The van der Waals surface area contributed by atoms with Gasteiger partial charge in [0.1, 0.15) is 0 Å².